The third kappa shape index (κ3) is 5.52. The second-order valence-corrected chi connectivity index (χ2v) is 8.00. The lowest BCUT2D eigenvalue weighted by atomic mass is 10.2. The van der Waals surface area contributed by atoms with Gasteiger partial charge in [0.1, 0.15) is 5.75 Å². The summed E-state index contributed by atoms with van der Waals surface area (Å²) in [6.45, 7) is 4.45. The van der Waals surface area contributed by atoms with Gasteiger partial charge in [-0.1, -0.05) is 25.1 Å². The lowest BCUT2D eigenvalue weighted by molar-refractivity contribution is -0.117. The lowest BCUT2D eigenvalue weighted by Crippen LogP contribution is -2.24. The van der Waals surface area contributed by atoms with Crippen LogP contribution in [0.2, 0.25) is 0 Å². The molecule has 1 unspecified atom stereocenters. The van der Waals surface area contributed by atoms with Crippen LogP contribution in [0.25, 0.3) is 0 Å². The van der Waals surface area contributed by atoms with Crippen LogP contribution in [0.1, 0.15) is 33.1 Å². The van der Waals surface area contributed by atoms with Crippen molar-refractivity contribution in [3.63, 3.8) is 0 Å². The van der Waals surface area contributed by atoms with Gasteiger partial charge in [0.25, 0.3) is 0 Å². The zero-order chi connectivity index (χ0) is 19.9. The van der Waals surface area contributed by atoms with Gasteiger partial charge in [0.2, 0.25) is 11.8 Å². The molecule has 0 spiro atoms. The molecule has 0 heterocycles. The van der Waals surface area contributed by atoms with Crippen molar-refractivity contribution in [1.29, 1.82) is 0 Å². The molecular formula is C22H26N2O3S. The van der Waals surface area contributed by atoms with Gasteiger partial charge in [-0.3, -0.25) is 9.59 Å². The molecular weight excluding hydrogens is 372 g/mol. The quantitative estimate of drug-likeness (QED) is 0.587. The summed E-state index contributed by atoms with van der Waals surface area (Å²) in [6, 6.07) is 15.1. The number of para-hydroxylation sites is 2. The number of ether oxygens (including phenoxy) is 1. The van der Waals surface area contributed by atoms with Gasteiger partial charge in [0.05, 0.1) is 17.5 Å². The van der Waals surface area contributed by atoms with E-state index >= 15 is 0 Å². The van der Waals surface area contributed by atoms with Gasteiger partial charge in [-0.05, 0) is 56.5 Å². The van der Waals surface area contributed by atoms with E-state index in [-0.39, 0.29) is 23.0 Å². The highest BCUT2D eigenvalue weighted by Crippen LogP contribution is 2.32. The SMILES string of the molecule is CCOc1ccccc1NC(=O)C(CC)Sc1cccc(NC(=O)C2CC2)c1. The first kappa shape index (κ1) is 20.3. The van der Waals surface area contributed by atoms with Crippen LogP contribution >= 0.6 is 11.8 Å². The highest BCUT2D eigenvalue weighted by molar-refractivity contribution is 8.00. The Morgan fingerprint density at radius 3 is 2.61 bits per heavy atom. The molecule has 2 aromatic rings. The minimum atomic E-state index is -0.246. The number of benzene rings is 2. The predicted molar refractivity (Wildman–Crippen MR) is 114 cm³/mol. The third-order valence-corrected chi connectivity index (χ3v) is 5.79. The summed E-state index contributed by atoms with van der Waals surface area (Å²) in [6.07, 6.45) is 2.63. The fourth-order valence-corrected chi connectivity index (χ4v) is 3.80. The molecule has 1 aliphatic carbocycles. The summed E-state index contributed by atoms with van der Waals surface area (Å²) in [5.74, 6) is 0.852. The molecule has 2 N–H and O–H groups in total. The molecule has 1 saturated carbocycles. The fourth-order valence-electron chi connectivity index (χ4n) is 2.79. The number of nitrogens with one attached hydrogen (secondary N) is 2. The highest BCUT2D eigenvalue weighted by atomic mass is 32.2. The minimum Gasteiger partial charge on any atom is -0.492 e. The molecule has 0 radical (unpaired) electrons. The number of carbonyl (C=O) groups is 2. The first-order valence-electron chi connectivity index (χ1n) is 9.71. The Kier molecular flexibility index (Phi) is 6.98. The van der Waals surface area contributed by atoms with E-state index in [1.54, 1.807) is 0 Å². The van der Waals surface area contributed by atoms with Crippen molar-refractivity contribution in [1.82, 2.24) is 0 Å². The zero-order valence-corrected chi connectivity index (χ0v) is 17.1. The maximum atomic E-state index is 12.8. The molecule has 6 heteroatoms. The van der Waals surface area contributed by atoms with Crippen LogP contribution in [-0.4, -0.2) is 23.7 Å². The molecule has 148 valence electrons. The standard InChI is InChI=1S/C22H26N2O3S/c1-3-20(22(26)24-18-10-5-6-11-19(18)27-4-2)28-17-9-7-8-16(14-17)23-21(25)15-12-13-15/h5-11,14-15,20H,3-4,12-13H2,1-2H3,(H,23,25)(H,24,26). The second-order valence-electron chi connectivity index (χ2n) is 6.72. The fraction of sp³-hybridized carbons (Fsp3) is 0.364. The molecule has 0 aliphatic heterocycles. The van der Waals surface area contributed by atoms with Crippen molar-refractivity contribution in [3.8, 4) is 5.75 Å². The summed E-state index contributed by atoms with van der Waals surface area (Å²) in [4.78, 5) is 25.7. The number of hydrogen-bond donors (Lipinski definition) is 2. The summed E-state index contributed by atoms with van der Waals surface area (Å²) >= 11 is 1.50. The van der Waals surface area contributed by atoms with E-state index in [9.17, 15) is 9.59 Å². The largest absolute Gasteiger partial charge is 0.492 e. The van der Waals surface area contributed by atoms with Crippen LogP contribution in [0.5, 0.6) is 5.75 Å². The number of anilines is 2. The van der Waals surface area contributed by atoms with Crippen LogP contribution in [0, 0.1) is 5.92 Å². The number of amides is 2. The molecule has 28 heavy (non-hydrogen) atoms. The predicted octanol–water partition coefficient (Wildman–Crippen LogP) is 4.94. The molecule has 1 fully saturated rings. The van der Waals surface area contributed by atoms with E-state index in [1.165, 1.54) is 11.8 Å². The molecule has 0 aromatic heterocycles. The summed E-state index contributed by atoms with van der Waals surface area (Å²) in [5.41, 5.74) is 1.46. The van der Waals surface area contributed by atoms with E-state index in [2.05, 4.69) is 10.6 Å². The van der Waals surface area contributed by atoms with E-state index in [0.29, 0.717) is 24.5 Å². The molecule has 0 bridgehead atoms. The monoisotopic (exact) mass is 398 g/mol. The average molecular weight is 399 g/mol. The Balaban J connectivity index is 1.65. The van der Waals surface area contributed by atoms with Gasteiger partial charge < -0.3 is 15.4 Å². The summed E-state index contributed by atoms with van der Waals surface area (Å²) in [5, 5.41) is 5.69. The zero-order valence-electron chi connectivity index (χ0n) is 16.2. The van der Waals surface area contributed by atoms with Crippen molar-refractivity contribution in [2.24, 2.45) is 5.92 Å². The van der Waals surface area contributed by atoms with Crippen molar-refractivity contribution in [2.75, 3.05) is 17.2 Å². The molecule has 1 aliphatic rings. The molecule has 5 nitrogen and oxygen atoms in total. The maximum Gasteiger partial charge on any atom is 0.237 e. The Labute approximate surface area is 170 Å². The summed E-state index contributed by atoms with van der Waals surface area (Å²) < 4.78 is 5.58. The van der Waals surface area contributed by atoms with E-state index < -0.39 is 0 Å². The van der Waals surface area contributed by atoms with E-state index in [0.717, 1.165) is 23.4 Å². The Hall–Kier alpha value is -2.47. The maximum absolute atomic E-state index is 12.8. The van der Waals surface area contributed by atoms with Gasteiger partial charge in [-0.2, -0.15) is 0 Å². The first-order valence-corrected chi connectivity index (χ1v) is 10.6. The van der Waals surface area contributed by atoms with Gasteiger partial charge >= 0.3 is 0 Å². The molecule has 3 rings (SSSR count). The Morgan fingerprint density at radius 1 is 1.11 bits per heavy atom. The van der Waals surface area contributed by atoms with Crippen molar-refractivity contribution < 1.29 is 14.3 Å². The summed E-state index contributed by atoms with van der Waals surface area (Å²) in [7, 11) is 0. The Morgan fingerprint density at radius 2 is 1.89 bits per heavy atom. The van der Waals surface area contributed by atoms with Gasteiger partial charge in [-0.15, -0.1) is 11.8 Å². The van der Waals surface area contributed by atoms with Gasteiger partial charge in [0, 0.05) is 16.5 Å². The third-order valence-electron chi connectivity index (χ3n) is 4.44. The van der Waals surface area contributed by atoms with Crippen LogP contribution in [-0.2, 0) is 9.59 Å². The molecule has 1 atom stereocenters. The lowest BCUT2D eigenvalue weighted by Gasteiger charge is -2.17. The number of thioether (sulfide) groups is 1. The van der Waals surface area contributed by atoms with Crippen LogP contribution in [0.15, 0.2) is 53.4 Å². The normalized spacial score (nSPS) is 14.2. The molecule has 2 amide bonds. The Bertz CT molecular complexity index is 836. The second kappa shape index (κ2) is 9.64. The average Bonchev–Trinajstić information content (AvgIpc) is 3.53. The number of rotatable bonds is 9. The van der Waals surface area contributed by atoms with Crippen LogP contribution < -0.4 is 15.4 Å². The van der Waals surface area contributed by atoms with E-state index in [1.807, 2.05) is 62.4 Å². The highest BCUT2D eigenvalue weighted by Gasteiger charge is 2.29. The van der Waals surface area contributed by atoms with E-state index in [4.69, 9.17) is 4.74 Å². The van der Waals surface area contributed by atoms with Crippen molar-refractivity contribution >= 4 is 35.0 Å². The smallest absolute Gasteiger partial charge is 0.237 e. The van der Waals surface area contributed by atoms with Gasteiger partial charge in [-0.25, -0.2) is 0 Å². The number of carbonyl (C=O) groups excluding carboxylic acids is 2. The van der Waals surface area contributed by atoms with Crippen molar-refractivity contribution in [2.45, 2.75) is 43.3 Å². The molecule has 0 saturated heterocycles. The van der Waals surface area contributed by atoms with Crippen LogP contribution in [0.3, 0.4) is 0 Å². The van der Waals surface area contributed by atoms with Crippen LogP contribution in [0.4, 0.5) is 11.4 Å². The van der Waals surface area contributed by atoms with Crippen molar-refractivity contribution in [3.05, 3.63) is 48.5 Å². The van der Waals surface area contributed by atoms with Gasteiger partial charge in [0.15, 0.2) is 0 Å². The first-order chi connectivity index (χ1) is 13.6. The minimum absolute atomic E-state index is 0.0629. The topological polar surface area (TPSA) is 67.4 Å². The molecule has 2 aromatic carbocycles. The number of hydrogen-bond acceptors (Lipinski definition) is 4.